The van der Waals surface area contributed by atoms with E-state index >= 15 is 0 Å². The Morgan fingerprint density at radius 2 is 1.89 bits per heavy atom. The molecule has 0 aromatic heterocycles. The summed E-state index contributed by atoms with van der Waals surface area (Å²) in [7, 11) is 0. The first-order valence-electron chi connectivity index (χ1n) is 5.95. The summed E-state index contributed by atoms with van der Waals surface area (Å²) < 4.78 is 0.981. The number of allylic oxidation sites excluding steroid dienone is 2. The number of ketones is 1. The van der Waals surface area contributed by atoms with E-state index in [0.717, 1.165) is 15.6 Å². The highest BCUT2D eigenvalue weighted by Crippen LogP contribution is 2.36. The van der Waals surface area contributed by atoms with Crippen molar-refractivity contribution in [1.29, 1.82) is 0 Å². The van der Waals surface area contributed by atoms with Gasteiger partial charge in [0, 0.05) is 23.4 Å². The summed E-state index contributed by atoms with van der Waals surface area (Å²) in [6.07, 6.45) is 1.49. The molecule has 0 unspecified atom stereocenters. The molecule has 1 aromatic rings. The third-order valence-electron chi connectivity index (χ3n) is 3.30. The number of aliphatic hydroxyl groups is 2. The van der Waals surface area contributed by atoms with Crippen LogP contribution in [0.15, 0.2) is 40.1 Å². The third-order valence-corrected chi connectivity index (χ3v) is 3.83. The minimum absolute atomic E-state index is 0.0334. The van der Waals surface area contributed by atoms with Crippen LogP contribution >= 0.6 is 15.9 Å². The van der Waals surface area contributed by atoms with Gasteiger partial charge in [0.15, 0.2) is 11.5 Å². The molecule has 0 saturated carbocycles. The fraction of sp³-hybridized carbons (Fsp3) is 0.357. The number of halogens is 1. The van der Waals surface area contributed by atoms with Crippen molar-refractivity contribution in [3.63, 3.8) is 0 Å². The van der Waals surface area contributed by atoms with Gasteiger partial charge in [0.05, 0.1) is 0 Å². The molecule has 0 saturated heterocycles. The standard InChI is InChI=1S/C14H15BrO3/c15-10-3-1-9(2-4-10)11(7-8-16)12-5-6-13(17)14(12)18/h1-4,11,16,18H,5-8H2/t11-/m0/s1. The molecule has 3 nitrogen and oxygen atoms in total. The smallest absolute Gasteiger partial charge is 0.197 e. The van der Waals surface area contributed by atoms with E-state index in [2.05, 4.69) is 15.9 Å². The molecule has 0 aliphatic heterocycles. The zero-order valence-electron chi connectivity index (χ0n) is 9.90. The average molecular weight is 311 g/mol. The highest BCUT2D eigenvalue weighted by molar-refractivity contribution is 9.10. The van der Waals surface area contributed by atoms with Crippen molar-refractivity contribution in [2.45, 2.75) is 25.2 Å². The van der Waals surface area contributed by atoms with Gasteiger partial charge in [-0.15, -0.1) is 0 Å². The summed E-state index contributed by atoms with van der Waals surface area (Å²) in [5.74, 6) is -0.365. The second kappa shape index (κ2) is 5.67. The second-order valence-electron chi connectivity index (χ2n) is 4.41. The van der Waals surface area contributed by atoms with Gasteiger partial charge < -0.3 is 10.2 Å². The van der Waals surface area contributed by atoms with E-state index in [-0.39, 0.29) is 24.1 Å². The molecule has 0 heterocycles. The fourth-order valence-corrected chi connectivity index (χ4v) is 2.63. The van der Waals surface area contributed by atoms with Gasteiger partial charge in [0.1, 0.15) is 0 Å². The number of benzene rings is 1. The summed E-state index contributed by atoms with van der Waals surface area (Å²) in [6.45, 7) is 0.0334. The largest absolute Gasteiger partial charge is 0.504 e. The lowest BCUT2D eigenvalue weighted by Crippen LogP contribution is -2.06. The zero-order chi connectivity index (χ0) is 13.1. The topological polar surface area (TPSA) is 57.5 Å². The Balaban J connectivity index is 2.34. The van der Waals surface area contributed by atoms with Gasteiger partial charge in [-0.25, -0.2) is 0 Å². The van der Waals surface area contributed by atoms with Crippen LogP contribution < -0.4 is 0 Å². The number of carbonyl (C=O) groups excluding carboxylic acids is 1. The number of rotatable bonds is 4. The van der Waals surface area contributed by atoms with Crippen LogP contribution in [0.2, 0.25) is 0 Å². The monoisotopic (exact) mass is 310 g/mol. The zero-order valence-corrected chi connectivity index (χ0v) is 11.5. The number of Topliss-reactive ketones (excluding diaryl/α,β-unsaturated/α-hetero) is 1. The van der Waals surface area contributed by atoms with E-state index < -0.39 is 0 Å². The van der Waals surface area contributed by atoms with Crippen LogP contribution in [-0.2, 0) is 4.79 Å². The van der Waals surface area contributed by atoms with Gasteiger partial charge in [-0.1, -0.05) is 28.1 Å². The van der Waals surface area contributed by atoms with Crippen LogP contribution in [-0.4, -0.2) is 22.6 Å². The Bertz CT molecular complexity index is 476. The number of carbonyl (C=O) groups is 1. The van der Waals surface area contributed by atoms with Gasteiger partial charge in [0.2, 0.25) is 0 Å². The van der Waals surface area contributed by atoms with E-state index in [1.807, 2.05) is 24.3 Å². The quantitative estimate of drug-likeness (QED) is 0.898. The second-order valence-corrected chi connectivity index (χ2v) is 5.33. The molecule has 18 heavy (non-hydrogen) atoms. The Morgan fingerprint density at radius 3 is 2.39 bits per heavy atom. The molecule has 96 valence electrons. The molecule has 2 rings (SSSR count). The molecule has 1 atom stereocenters. The normalized spacial score (nSPS) is 17.3. The van der Waals surface area contributed by atoms with E-state index in [9.17, 15) is 9.90 Å². The molecule has 1 aliphatic carbocycles. The minimum Gasteiger partial charge on any atom is -0.504 e. The number of hydrogen-bond acceptors (Lipinski definition) is 3. The molecule has 0 bridgehead atoms. The molecule has 0 amide bonds. The number of hydrogen-bond donors (Lipinski definition) is 2. The van der Waals surface area contributed by atoms with Gasteiger partial charge >= 0.3 is 0 Å². The average Bonchev–Trinajstić information content (AvgIpc) is 2.69. The summed E-state index contributed by atoms with van der Waals surface area (Å²) >= 11 is 3.37. The third kappa shape index (κ3) is 2.65. The molecule has 1 aliphatic rings. The first kappa shape index (κ1) is 13.3. The summed E-state index contributed by atoms with van der Waals surface area (Å²) in [4.78, 5) is 11.4. The van der Waals surface area contributed by atoms with Gasteiger partial charge in [-0.05, 0) is 36.1 Å². The lowest BCUT2D eigenvalue weighted by atomic mass is 9.88. The van der Waals surface area contributed by atoms with Crippen LogP contribution in [0.5, 0.6) is 0 Å². The Hall–Kier alpha value is -1.13. The summed E-state index contributed by atoms with van der Waals surface area (Å²) in [6, 6.07) is 7.75. The SMILES string of the molecule is O=C1CCC([C@@H](CCO)c2ccc(Br)cc2)=C1O. The maximum Gasteiger partial charge on any atom is 0.197 e. The van der Waals surface area contributed by atoms with E-state index in [1.165, 1.54) is 0 Å². The molecule has 1 aromatic carbocycles. The van der Waals surface area contributed by atoms with Gasteiger partial charge in [-0.2, -0.15) is 0 Å². The highest BCUT2D eigenvalue weighted by Gasteiger charge is 2.28. The van der Waals surface area contributed by atoms with Crippen LogP contribution in [0.1, 0.15) is 30.7 Å². The first-order chi connectivity index (χ1) is 8.63. The molecule has 2 N–H and O–H groups in total. The Kier molecular flexibility index (Phi) is 4.19. The maximum atomic E-state index is 11.4. The van der Waals surface area contributed by atoms with Crippen molar-refractivity contribution in [1.82, 2.24) is 0 Å². The highest BCUT2D eigenvalue weighted by atomic mass is 79.9. The van der Waals surface area contributed by atoms with Crippen molar-refractivity contribution in [2.24, 2.45) is 0 Å². The van der Waals surface area contributed by atoms with Crippen molar-refractivity contribution in [3.8, 4) is 0 Å². The van der Waals surface area contributed by atoms with Crippen molar-refractivity contribution < 1.29 is 15.0 Å². The van der Waals surface area contributed by atoms with Crippen molar-refractivity contribution in [3.05, 3.63) is 45.6 Å². The Labute approximate surface area is 114 Å². The summed E-state index contributed by atoms with van der Waals surface area (Å²) in [5, 5.41) is 19.0. The van der Waals surface area contributed by atoms with Gasteiger partial charge in [-0.3, -0.25) is 4.79 Å². The van der Waals surface area contributed by atoms with E-state index in [1.54, 1.807) is 0 Å². The fourth-order valence-electron chi connectivity index (χ4n) is 2.37. The van der Waals surface area contributed by atoms with E-state index in [4.69, 9.17) is 5.11 Å². The van der Waals surface area contributed by atoms with Crippen LogP contribution in [0.3, 0.4) is 0 Å². The molecule has 0 fully saturated rings. The molecule has 0 spiro atoms. The molecular formula is C14H15BrO3. The first-order valence-corrected chi connectivity index (χ1v) is 6.74. The maximum absolute atomic E-state index is 11.4. The van der Waals surface area contributed by atoms with Crippen LogP contribution in [0, 0.1) is 0 Å². The van der Waals surface area contributed by atoms with E-state index in [0.29, 0.717) is 19.3 Å². The van der Waals surface area contributed by atoms with Gasteiger partial charge in [0.25, 0.3) is 0 Å². The molecule has 4 heteroatoms. The van der Waals surface area contributed by atoms with Crippen LogP contribution in [0.25, 0.3) is 0 Å². The van der Waals surface area contributed by atoms with Crippen molar-refractivity contribution >= 4 is 21.7 Å². The Morgan fingerprint density at radius 1 is 1.22 bits per heavy atom. The van der Waals surface area contributed by atoms with Crippen LogP contribution in [0.4, 0.5) is 0 Å². The summed E-state index contributed by atoms with van der Waals surface area (Å²) in [5.41, 5.74) is 1.78. The lowest BCUT2D eigenvalue weighted by molar-refractivity contribution is -0.117. The molecular weight excluding hydrogens is 296 g/mol. The minimum atomic E-state index is -0.190. The molecule has 0 radical (unpaired) electrons. The predicted molar refractivity (Wildman–Crippen MR) is 72.5 cm³/mol. The van der Waals surface area contributed by atoms with Crippen molar-refractivity contribution in [2.75, 3.05) is 6.61 Å². The predicted octanol–water partition coefficient (Wildman–Crippen LogP) is 3.09. The number of aliphatic hydroxyl groups excluding tert-OH is 2. The lowest BCUT2D eigenvalue weighted by Gasteiger charge is -2.18.